The Balaban J connectivity index is 2.00. The molecule has 1 saturated carbocycles. The predicted molar refractivity (Wildman–Crippen MR) is 95.6 cm³/mol. The Hall–Kier alpha value is -2.22. The van der Waals surface area contributed by atoms with E-state index in [9.17, 15) is 21.6 Å². The Morgan fingerprint density at radius 2 is 1.65 bits per heavy atom. The Morgan fingerprint density at radius 3 is 2.23 bits per heavy atom. The average Bonchev–Trinajstić information content (AvgIpc) is 2.53. The van der Waals surface area contributed by atoms with Crippen molar-refractivity contribution < 1.29 is 21.6 Å². The molecular weight excluding hydrogens is 365 g/mol. The first-order valence-electron chi connectivity index (χ1n) is 8.16. The van der Waals surface area contributed by atoms with E-state index < -0.39 is 37.9 Å². The molecule has 1 aliphatic rings. The van der Waals surface area contributed by atoms with E-state index in [0.717, 1.165) is 18.6 Å². The molecule has 0 spiro atoms. The SMILES string of the molecule is Cc1ccc(Nc2c(NS(=O)(=O)C3(C)CCC3)ccc(F)c2F)c(F)c1. The van der Waals surface area contributed by atoms with Gasteiger partial charge in [0.05, 0.1) is 16.1 Å². The second-order valence-electron chi connectivity index (χ2n) is 6.80. The second-order valence-corrected chi connectivity index (χ2v) is 9.00. The van der Waals surface area contributed by atoms with Crippen LogP contribution in [-0.4, -0.2) is 13.2 Å². The highest BCUT2D eigenvalue weighted by atomic mass is 32.2. The van der Waals surface area contributed by atoms with Crippen molar-refractivity contribution in [3.63, 3.8) is 0 Å². The first kappa shape index (κ1) is 18.6. The van der Waals surface area contributed by atoms with Crippen LogP contribution in [0.4, 0.5) is 30.2 Å². The van der Waals surface area contributed by atoms with Gasteiger partial charge in [0.2, 0.25) is 10.0 Å². The highest BCUT2D eigenvalue weighted by molar-refractivity contribution is 7.94. The van der Waals surface area contributed by atoms with E-state index >= 15 is 0 Å². The molecule has 0 heterocycles. The summed E-state index contributed by atoms with van der Waals surface area (Å²) >= 11 is 0. The molecule has 2 N–H and O–H groups in total. The number of benzene rings is 2. The van der Waals surface area contributed by atoms with Gasteiger partial charge in [0.25, 0.3) is 0 Å². The van der Waals surface area contributed by atoms with Crippen LogP contribution in [0.25, 0.3) is 0 Å². The minimum absolute atomic E-state index is 0.0876. The lowest BCUT2D eigenvalue weighted by molar-refractivity contribution is 0.364. The van der Waals surface area contributed by atoms with E-state index in [4.69, 9.17) is 0 Å². The summed E-state index contributed by atoms with van der Waals surface area (Å²) in [4.78, 5) is 0. The molecular formula is C18H19F3N2O2S. The first-order valence-corrected chi connectivity index (χ1v) is 9.65. The molecule has 26 heavy (non-hydrogen) atoms. The van der Waals surface area contributed by atoms with E-state index in [1.165, 1.54) is 12.1 Å². The highest BCUT2D eigenvalue weighted by Crippen LogP contribution is 2.41. The summed E-state index contributed by atoms with van der Waals surface area (Å²) in [5, 5.41) is 2.47. The van der Waals surface area contributed by atoms with Crippen LogP contribution in [0.2, 0.25) is 0 Å². The van der Waals surface area contributed by atoms with Crippen molar-refractivity contribution in [1.29, 1.82) is 0 Å². The van der Waals surface area contributed by atoms with Crippen LogP contribution in [0, 0.1) is 24.4 Å². The average molecular weight is 384 g/mol. The molecule has 0 atom stereocenters. The van der Waals surface area contributed by atoms with Gasteiger partial charge in [0, 0.05) is 0 Å². The number of rotatable bonds is 5. The molecule has 0 unspecified atom stereocenters. The van der Waals surface area contributed by atoms with Crippen LogP contribution in [0.15, 0.2) is 30.3 Å². The van der Waals surface area contributed by atoms with Crippen molar-refractivity contribution in [2.24, 2.45) is 0 Å². The maximum Gasteiger partial charge on any atom is 0.238 e. The summed E-state index contributed by atoms with van der Waals surface area (Å²) in [7, 11) is -3.81. The molecule has 0 bridgehead atoms. The van der Waals surface area contributed by atoms with E-state index in [2.05, 4.69) is 10.0 Å². The van der Waals surface area contributed by atoms with Crippen LogP contribution < -0.4 is 10.0 Å². The van der Waals surface area contributed by atoms with Gasteiger partial charge in [-0.25, -0.2) is 21.6 Å². The highest BCUT2D eigenvalue weighted by Gasteiger charge is 2.45. The van der Waals surface area contributed by atoms with Gasteiger partial charge in [-0.3, -0.25) is 4.72 Å². The fourth-order valence-electron chi connectivity index (χ4n) is 2.83. The number of hydrogen-bond acceptors (Lipinski definition) is 3. The summed E-state index contributed by atoms with van der Waals surface area (Å²) in [6, 6.07) is 6.15. The monoisotopic (exact) mass is 384 g/mol. The number of sulfonamides is 1. The third-order valence-corrected chi connectivity index (χ3v) is 6.98. The van der Waals surface area contributed by atoms with Crippen LogP contribution >= 0.6 is 0 Å². The summed E-state index contributed by atoms with van der Waals surface area (Å²) in [6.45, 7) is 3.29. The Kier molecular flexibility index (Phi) is 4.64. The van der Waals surface area contributed by atoms with Crippen molar-refractivity contribution >= 4 is 27.1 Å². The molecule has 2 aromatic carbocycles. The standard InChI is InChI=1S/C18H19F3N2O2S/c1-11-4-6-14(13(20)10-11)22-17-15(7-5-12(19)16(17)21)23-26(24,25)18(2)8-3-9-18/h4-7,10,22-23H,3,8-9H2,1-2H3. The predicted octanol–water partition coefficient (Wildman–Crippen LogP) is 4.84. The van der Waals surface area contributed by atoms with Gasteiger partial charge in [0.15, 0.2) is 11.6 Å². The Labute approximate surface area is 150 Å². The quantitative estimate of drug-likeness (QED) is 0.776. The lowest BCUT2D eigenvalue weighted by atomic mass is 9.86. The first-order chi connectivity index (χ1) is 12.1. The van der Waals surface area contributed by atoms with Crippen molar-refractivity contribution in [1.82, 2.24) is 0 Å². The molecule has 1 fully saturated rings. The number of aryl methyl sites for hydroxylation is 1. The van der Waals surface area contributed by atoms with Crippen LogP contribution in [0.1, 0.15) is 31.7 Å². The van der Waals surface area contributed by atoms with Gasteiger partial charge in [-0.05, 0) is 56.5 Å². The lowest BCUT2D eigenvalue weighted by Gasteiger charge is -2.37. The lowest BCUT2D eigenvalue weighted by Crippen LogP contribution is -2.45. The third-order valence-electron chi connectivity index (χ3n) is 4.78. The van der Waals surface area contributed by atoms with Gasteiger partial charge in [0.1, 0.15) is 11.5 Å². The summed E-state index contributed by atoms with van der Waals surface area (Å²) in [5.41, 5.74) is -0.0572. The van der Waals surface area contributed by atoms with Gasteiger partial charge < -0.3 is 5.32 Å². The molecule has 8 heteroatoms. The molecule has 0 aromatic heterocycles. The Morgan fingerprint density at radius 1 is 1.00 bits per heavy atom. The molecule has 0 radical (unpaired) electrons. The minimum Gasteiger partial charge on any atom is -0.349 e. The number of anilines is 3. The van der Waals surface area contributed by atoms with E-state index in [1.807, 2.05) is 0 Å². The zero-order valence-electron chi connectivity index (χ0n) is 14.4. The summed E-state index contributed by atoms with van der Waals surface area (Å²) < 4.78 is 68.6. The molecule has 140 valence electrons. The molecule has 0 saturated heterocycles. The summed E-state index contributed by atoms with van der Waals surface area (Å²) in [5.74, 6) is -3.12. The molecule has 1 aliphatic carbocycles. The van der Waals surface area contributed by atoms with Crippen molar-refractivity contribution in [3.05, 3.63) is 53.3 Å². The molecule has 0 amide bonds. The van der Waals surface area contributed by atoms with E-state index in [0.29, 0.717) is 18.4 Å². The maximum atomic E-state index is 14.3. The fourth-order valence-corrected chi connectivity index (χ4v) is 4.36. The van der Waals surface area contributed by atoms with E-state index in [1.54, 1.807) is 19.9 Å². The molecule has 0 aliphatic heterocycles. The van der Waals surface area contributed by atoms with Crippen LogP contribution in [0.5, 0.6) is 0 Å². The molecule has 4 nitrogen and oxygen atoms in total. The van der Waals surface area contributed by atoms with Crippen molar-refractivity contribution in [3.8, 4) is 0 Å². The maximum absolute atomic E-state index is 14.3. The number of halogens is 3. The zero-order valence-corrected chi connectivity index (χ0v) is 15.2. The van der Waals surface area contributed by atoms with Gasteiger partial charge in [-0.1, -0.05) is 12.5 Å². The number of hydrogen-bond donors (Lipinski definition) is 2. The number of nitrogens with one attached hydrogen (secondary N) is 2. The molecule has 2 aromatic rings. The largest absolute Gasteiger partial charge is 0.349 e. The summed E-state index contributed by atoms with van der Waals surface area (Å²) in [6.07, 6.45) is 1.76. The van der Waals surface area contributed by atoms with Gasteiger partial charge in [-0.15, -0.1) is 0 Å². The minimum atomic E-state index is -3.81. The second kappa shape index (κ2) is 6.50. The zero-order chi connectivity index (χ0) is 19.1. The van der Waals surface area contributed by atoms with Gasteiger partial charge in [-0.2, -0.15) is 0 Å². The van der Waals surface area contributed by atoms with Crippen LogP contribution in [0.3, 0.4) is 0 Å². The fraction of sp³-hybridized carbons (Fsp3) is 0.333. The Bertz CT molecular complexity index is 957. The van der Waals surface area contributed by atoms with E-state index in [-0.39, 0.29) is 11.4 Å². The van der Waals surface area contributed by atoms with Crippen molar-refractivity contribution in [2.45, 2.75) is 37.9 Å². The molecule has 3 rings (SSSR count). The topological polar surface area (TPSA) is 58.2 Å². The van der Waals surface area contributed by atoms with Crippen LogP contribution in [-0.2, 0) is 10.0 Å². The smallest absolute Gasteiger partial charge is 0.238 e. The van der Waals surface area contributed by atoms with Gasteiger partial charge >= 0.3 is 0 Å². The normalized spacial score (nSPS) is 16.0. The third kappa shape index (κ3) is 3.25. The van der Waals surface area contributed by atoms with Crippen molar-refractivity contribution in [2.75, 3.05) is 10.0 Å².